The number of amides is 2. The number of anilines is 1. The van der Waals surface area contributed by atoms with E-state index in [2.05, 4.69) is 31.3 Å². The van der Waals surface area contributed by atoms with Gasteiger partial charge in [0.25, 0.3) is 0 Å². The minimum absolute atomic E-state index is 0.00204. The molecule has 1 unspecified atom stereocenters. The second kappa shape index (κ2) is 6.71. The zero-order valence-corrected chi connectivity index (χ0v) is 13.9. The average Bonchev–Trinajstić information content (AvgIpc) is 2.96. The third-order valence-corrected chi connectivity index (χ3v) is 4.80. The van der Waals surface area contributed by atoms with Gasteiger partial charge in [-0.1, -0.05) is 26.0 Å². The van der Waals surface area contributed by atoms with E-state index >= 15 is 0 Å². The Balaban J connectivity index is 1.69. The predicted octanol–water partition coefficient (Wildman–Crippen LogP) is 1.59. The van der Waals surface area contributed by atoms with E-state index in [-0.39, 0.29) is 11.8 Å². The fourth-order valence-electron chi connectivity index (χ4n) is 3.31. The first-order valence-electron chi connectivity index (χ1n) is 8.49. The molecule has 2 aliphatic heterocycles. The number of piperazine rings is 1. The molecule has 0 radical (unpaired) electrons. The van der Waals surface area contributed by atoms with E-state index in [1.807, 2.05) is 17.0 Å². The molecule has 1 aromatic rings. The van der Waals surface area contributed by atoms with Crippen molar-refractivity contribution in [1.29, 1.82) is 0 Å². The van der Waals surface area contributed by atoms with Crippen molar-refractivity contribution < 1.29 is 9.59 Å². The van der Waals surface area contributed by atoms with E-state index in [1.54, 1.807) is 4.90 Å². The Morgan fingerprint density at radius 2 is 1.78 bits per heavy atom. The van der Waals surface area contributed by atoms with Crippen LogP contribution in [0, 0.1) is 5.92 Å². The molecule has 2 saturated heterocycles. The number of hydrogen-bond donors (Lipinski definition) is 1. The third kappa shape index (κ3) is 3.24. The van der Waals surface area contributed by atoms with Crippen molar-refractivity contribution >= 4 is 17.5 Å². The molecule has 5 nitrogen and oxygen atoms in total. The molecule has 0 spiro atoms. The fraction of sp³-hybridized carbons (Fsp3) is 0.556. The molecule has 2 amide bonds. The molecular formula is C18H25N3O2. The van der Waals surface area contributed by atoms with Gasteiger partial charge in [-0.15, -0.1) is 0 Å². The van der Waals surface area contributed by atoms with E-state index in [1.165, 1.54) is 5.56 Å². The van der Waals surface area contributed by atoms with Crippen molar-refractivity contribution in [2.24, 2.45) is 5.92 Å². The van der Waals surface area contributed by atoms with Gasteiger partial charge in [-0.2, -0.15) is 0 Å². The molecule has 2 aliphatic rings. The predicted molar refractivity (Wildman–Crippen MR) is 90.4 cm³/mol. The Morgan fingerprint density at radius 3 is 2.39 bits per heavy atom. The van der Waals surface area contributed by atoms with Crippen molar-refractivity contribution in [3.63, 3.8) is 0 Å². The standard InChI is InChI=1S/C18H25N3O2/c1-13(2)14-3-5-15(6-4-14)21-10-7-16(18(21)23)17(22)20-11-8-19-9-12-20/h3-6,13,16,19H,7-12H2,1-2H3. The number of carbonyl (C=O) groups is 2. The largest absolute Gasteiger partial charge is 0.339 e. The molecule has 1 N–H and O–H groups in total. The lowest BCUT2D eigenvalue weighted by Gasteiger charge is -2.29. The summed E-state index contributed by atoms with van der Waals surface area (Å²) in [7, 11) is 0. The van der Waals surface area contributed by atoms with Gasteiger partial charge in [0.2, 0.25) is 11.8 Å². The summed E-state index contributed by atoms with van der Waals surface area (Å²) >= 11 is 0. The van der Waals surface area contributed by atoms with Gasteiger partial charge in [-0.3, -0.25) is 9.59 Å². The van der Waals surface area contributed by atoms with Gasteiger partial charge in [0, 0.05) is 38.4 Å². The Kier molecular flexibility index (Phi) is 4.66. The Labute approximate surface area is 137 Å². The lowest BCUT2D eigenvalue weighted by Crippen LogP contribution is -2.49. The molecule has 124 valence electrons. The molecule has 3 rings (SSSR count). The highest BCUT2D eigenvalue weighted by Crippen LogP contribution is 2.28. The Hall–Kier alpha value is -1.88. The number of nitrogens with one attached hydrogen (secondary N) is 1. The van der Waals surface area contributed by atoms with Crippen molar-refractivity contribution in [2.75, 3.05) is 37.6 Å². The normalized spacial score (nSPS) is 22.0. The zero-order chi connectivity index (χ0) is 16.4. The van der Waals surface area contributed by atoms with Crippen LogP contribution in [0.15, 0.2) is 24.3 Å². The minimum Gasteiger partial charge on any atom is -0.339 e. The van der Waals surface area contributed by atoms with Crippen LogP contribution in [0.3, 0.4) is 0 Å². The van der Waals surface area contributed by atoms with E-state index in [0.29, 0.717) is 32.0 Å². The summed E-state index contributed by atoms with van der Waals surface area (Å²) in [6.45, 7) is 7.95. The first-order chi connectivity index (χ1) is 11.1. The Bertz CT molecular complexity index is 576. The maximum absolute atomic E-state index is 12.7. The molecule has 2 fully saturated rings. The lowest BCUT2D eigenvalue weighted by atomic mass is 10.0. The van der Waals surface area contributed by atoms with Crippen LogP contribution in [0.25, 0.3) is 0 Å². The molecular weight excluding hydrogens is 290 g/mol. The molecule has 1 atom stereocenters. The van der Waals surface area contributed by atoms with E-state index in [0.717, 1.165) is 18.8 Å². The highest BCUT2D eigenvalue weighted by Gasteiger charge is 2.39. The molecule has 2 heterocycles. The van der Waals surface area contributed by atoms with E-state index in [4.69, 9.17) is 0 Å². The van der Waals surface area contributed by atoms with Gasteiger partial charge in [0.15, 0.2) is 0 Å². The average molecular weight is 315 g/mol. The van der Waals surface area contributed by atoms with Crippen molar-refractivity contribution in [3.05, 3.63) is 29.8 Å². The third-order valence-electron chi connectivity index (χ3n) is 4.80. The molecule has 0 bridgehead atoms. The summed E-state index contributed by atoms with van der Waals surface area (Å²) in [6, 6.07) is 8.12. The van der Waals surface area contributed by atoms with Gasteiger partial charge in [-0.25, -0.2) is 0 Å². The topological polar surface area (TPSA) is 52.7 Å². The van der Waals surface area contributed by atoms with Crippen molar-refractivity contribution in [1.82, 2.24) is 10.2 Å². The SMILES string of the molecule is CC(C)c1ccc(N2CCC(C(=O)N3CCNCC3)C2=O)cc1. The van der Waals surface area contributed by atoms with Crippen LogP contribution in [-0.4, -0.2) is 49.4 Å². The van der Waals surface area contributed by atoms with Crippen LogP contribution in [0.5, 0.6) is 0 Å². The van der Waals surface area contributed by atoms with Crippen LogP contribution in [-0.2, 0) is 9.59 Å². The molecule has 0 aromatic heterocycles. The first kappa shape index (κ1) is 16.0. The highest BCUT2D eigenvalue weighted by atomic mass is 16.2. The van der Waals surface area contributed by atoms with Gasteiger partial charge in [0.1, 0.15) is 5.92 Å². The van der Waals surface area contributed by atoms with Crippen LogP contribution in [0.4, 0.5) is 5.69 Å². The van der Waals surface area contributed by atoms with Crippen molar-refractivity contribution in [3.8, 4) is 0 Å². The fourth-order valence-corrected chi connectivity index (χ4v) is 3.31. The first-order valence-corrected chi connectivity index (χ1v) is 8.49. The Morgan fingerprint density at radius 1 is 1.13 bits per heavy atom. The number of nitrogens with zero attached hydrogens (tertiary/aromatic N) is 2. The second-order valence-corrected chi connectivity index (χ2v) is 6.65. The molecule has 23 heavy (non-hydrogen) atoms. The number of hydrogen-bond acceptors (Lipinski definition) is 3. The minimum atomic E-state index is -0.502. The van der Waals surface area contributed by atoms with Gasteiger partial charge >= 0.3 is 0 Å². The van der Waals surface area contributed by atoms with Crippen LogP contribution in [0.1, 0.15) is 31.7 Å². The maximum atomic E-state index is 12.7. The summed E-state index contributed by atoms with van der Waals surface area (Å²) in [6.07, 6.45) is 0.619. The molecule has 5 heteroatoms. The summed E-state index contributed by atoms with van der Waals surface area (Å²) in [5, 5.41) is 3.23. The summed E-state index contributed by atoms with van der Waals surface area (Å²) < 4.78 is 0. The number of benzene rings is 1. The van der Waals surface area contributed by atoms with Crippen LogP contribution < -0.4 is 10.2 Å². The quantitative estimate of drug-likeness (QED) is 0.862. The molecule has 0 saturated carbocycles. The molecule has 1 aromatic carbocycles. The monoisotopic (exact) mass is 315 g/mol. The number of carbonyl (C=O) groups excluding carboxylic acids is 2. The summed E-state index contributed by atoms with van der Waals surface area (Å²) in [5.74, 6) is -0.0816. The summed E-state index contributed by atoms with van der Waals surface area (Å²) in [4.78, 5) is 28.8. The lowest BCUT2D eigenvalue weighted by molar-refractivity contribution is -0.140. The smallest absolute Gasteiger partial charge is 0.239 e. The van der Waals surface area contributed by atoms with E-state index < -0.39 is 5.92 Å². The highest BCUT2D eigenvalue weighted by molar-refractivity contribution is 6.09. The zero-order valence-electron chi connectivity index (χ0n) is 13.9. The summed E-state index contributed by atoms with van der Waals surface area (Å²) in [5.41, 5.74) is 2.16. The van der Waals surface area contributed by atoms with Gasteiger partial charge in [-0.05, 0) is 30.0 Å². The van der Waals surface area contributed by atoms with Crippen LogP contribution in [0.2, 0.25) is 0 Å². The molecule has 0 aliphatic carbocycles. The van der Waals surface area contributed by atoms with Gasteiger partial charge < -0.3 is 15.1 Å². The van der Waals surface area contributed by atoms with Gasteiger partial charge in [0.05, 0.1) is 0 Å². The van der Waals surface area contributed by atoms with E-state index in [9.17, 15) is 9.59 Å². The van der Waals surface area contributed by atoms with Crippen molar-refractivity contribution in [2.45, 2.75) is 26.2 Å². The second-order valence-electron chi connectivity index (χ2n) is 6.65. The number of rotatable bonds is 3. The van der Waals surface area contributed by atoms with Crippen LogP contribution >= 0.6 is 0 Å². The maximum Gasteiger partial charge on any atom is 0.239 e.